The number of esters is 1. The lowest BCUT2D eigenvalue weighted by Crippen LogP contribution is -2.29. The van der Waals surface area contributed by atoms with Crippen LogP contribution in [0.4, 0.5) is 0 Å². The average molecular weight is 337 g/mol. The van der Waals surface area contributed by atoms with E-state index in [1.807, 2.05) is 0 Å². The zero-order valence-electron chi connectivity index (χ0n) is 11.2. The highest BCUT2D eigenvalue weighted by molar-refractivity contribution is 6.31. The Morgan fingerprint density at radius 2 is 1.90 bits per heavy atom. The Kier molecular flexibility index (Phi) is 7.27. The first-order valence-electron chi connectivity index (χ1n) is 6.06. The van der Waals surface area contributed by atoms with Gasteiger partial charge in [0.1, 0.15) is 0 Å². The molecule has 1 aromatic rings. The molecule has 0 bridgehead atoms. The fraction of sp³-hybridized carbons (Fsp3) is 0.545. The molecule has 0 fully saturated rings. The summed E-state index contributed by atoms with van der Waals surface area (Å²) in [5, 5.41) is 11.0. The molecule has 1 heterocycles. The highest BCUT2D eigenvalue weighted by atomic mass is 35.5. The van der Waals surface area contributed by atoms with Crippen LogP contribution in [0.2, 0.25) is 10.6 Å². The molecule has 0 aromatic carbocycles. The molecule has 0 spiro atoms. The van der Waals surface area contributed by atoms with E-state index in [1.54, 1.807) is 6.92 Å². The van der Waals surface area contributed by atoms with Crippen LogP contribution in [0.15, 0.2) is 0 Å². The SMILES string of the molecule is CC(CO)CC(=O)NCCC(=O)Oc1nc(Cl)nc(Cl)n1. The second-order valence-electron chi connectivity index (χ2n) is 4.22. The Labute approximate surface area is 130 Å². The second-order valence-corrected chi connectivity index (χ2v) is 4.90. The van der Waals surface area contributed by atoms with Crippen molar-refractivity contribution in [2.75, 3.05) is 13.2 Å². The van der Waals surface area contributed by atoms with E-state index in [2.05, 4.69) is 20.3 Å². The largest absolute Gasteiger partial charge is 0.396 e. The molecule has 0 radical (unpaired) electrons. The molecule has 116 valence electrons. The first-order chi connectivity index (χ1) is 9.90. The molecule has 0 aliphatic rings. The summed E-state index contributed by atoms with van der Waals surface area (Å²) in [6.07, 6.45) is 0.115. The summed E-state index contributed by atoms with van der Waals surface area (Å²) in [5.41, 5.74) is 0. The van der Waals surface area contributed by atoms with Crippen molar-refractivity contribution in [1.29, 1.82) is 0 Å². The minimum atomic E-state index is -0.649. The van der Waals surface area contributed by atoms with Crippen LogP contribution in [0.3, 0.4) is 0 Å². The van der Waals surface area contributed by atoms with Crippen molar-refractivity contribution in [1.82, 2.24) is 20.3 Å². The monoisotopic (exact) mass is 336 g/mol. The number of hydrogen-bond acceptors (Lipinski definition) is 7. The highest BCUT2D eigenvalue weighted by Crippen LogP contribution is 2.11. The maximum atomic E-state index is 11.5. The summed E-state index contributed by atoms with van der Waals surface area (Å²) in [7, 11) is 0. The maximum Gasteiger partial charge on any atom is 0.329 e. The number of aromatic nitrogens is 3. The number of carbonyl (C=O) groups is 2. The number of rotatable bonds is 7. The number of carbonyl (C=O) groups excluding carboxylic acids is 2. The van der Waals surface area contributed by atoms with Gasteiger partial charge >= 0.3 is 12.0 Å². The third-order valence-corrected chi connectivity index (χ3v) is 2.60. The number of aliphatic hydroxyl groups is 1. The lowest BCUT2D eigenvalue weighted by atomic mass is 10.1. The quantitative estimate of drug-likeness (QED) is 0.701. The van der Waals surface area contributed by atoms with Gasteiger partial charge < -0.3 is 15.2 Å². The normalized spacial score (nSPS) is 11.8. The lowest BCUT2D eigenvalue weighted by Gasteiger charge is -2.08. The molecule has 21 heavy (non-hydrogen) atoms. The molecule has 1 unspecified atom stereocenters. The van der Waals surface area contributed by atoms with Crippen molar-refractivity contribution in [3.63, 3.8) is 0 Å². The third-order valence-electron chi connectivity index (χ3n) is 2.26. The van der Waals surface area contributed by atoms with Gasteiger partial charge in [0.25, 0.3) is 0 Å². The Hall–Kier alpha value is -1.51. The first kappa shape index (κ1) is 17.5. The molecular formula is C11H14Cl2N4O4. The molecule has 1 atom stereocenters. The summed E-state index contributed by atoms with van der Waals surface area (Å²) in [6.45, 7) is 1.76. The van der Waals surface area contributed by atoms with Crippen molar-refractivity contribution in [3.8, 4) is 6.01 Å². The van der Waals surface area contributed by atoms with Crippen molar-refractivity contribution >= 4 is 35.1 Å². The lowest BCUT2D eigenvalue weighted by molar-refractivity contribution is -0.134. The van der Waals surface area contributed by atoms with Gasteiger partial charge in [0, 0.05) is 19.6 Å². The first-order valence-corrected chi connectivity index (χ1v) is 6.81. The third kappa shape index (κ3) is 7.16. The molecule has 1 amide bonds. The van der Waals surface area contributed by atoms with E-state index in [0.29, 0.717) is 0 Å². The fourth-order valence-electron chi connectivity index (χ4n) is 1.26. The molecule has 8 nitrogen and oxygen atoms in total. The molecule has 0 saturated carbocycles. The standard InChI is InChI=1S/C11H14Cl2N4O4/c1-6(5-18)4-7(19)14-3-2-8(20)21-11-16-9(12)15-10(13)17-11/h6,18H,2-5H2,1H3,(H,14,19). The number of hydrogen-bond donors (Lipinski definition) is 2. The summed E-state index contributed by atoms with van der Waals surface area (Å²) in [6, 6.07) is -0.301. The molecule has 1 rings (SSSR count). The van der Waals surface area contributed by atoms with E-state index in [0.717, 1.165) is 0 Å². The van der Waals surface area contributed by atoms with Gasteiger partial charge in [-0.3, -0.25) is 9.59 Å². The van der Waals surface area contributed by atoms with E-state index >= 15 is 0 Å². The van der Waals surface area contributed by atoms with E-state index < -0.39 is 5.97 Å². The maximum absolute atomic E-state index is 11.5. The average Bonchev–Trinajstić information content (AvgIpc) is 2.37. The van der Waals surface area contributed by atoms with Crippen LogP contribution in [-0.2, 0) is 9.59 Å². The molecule has 0 aliphatic heterocycles. The van der Waals surface area contributed by atoms with Crippen molar-refractivity contribution in [3.05, 3.63) is 10.6 Å². The van der Waals surface area contributed by atoms with Crippen LogP contribution < -0.4 is 10.1 Å². The molecule has 0 saturated heterocycles. The van der Waals surface area contributed by atoms with E-state index in [4.69, 9.17) is 33.0 Å². The summed E-state index contributed by atoms with van der Waals surface area (Å²) < 4.78 is 4.80. The fourth-order valence-corrected chi connectivity index (χ4v) is 1.61. The highest BCUT2D eigenvalue weighted by Gasteiger charge is 2.12. The van der Waals surface area contributed by atoms with Gasteiger partial charge in [0.2, 0.25) is 16.5 Å². The molecular weight excluding hydrogens is 323 g/mol. The molecule has 0 aliphatic carbocycles. The van der Waals surface area contributed by atoms with Crippen molar-refractivity contribution in [2.24, 2.45) is 5.92 Å². The molecule has 2 N–H and O–H groups in total. The van der Waals surface area contributed by atoms with Gasteiger partial charge in [-0.1, -0.05) is 6.92 Å². The Balaban J connectivity index is 2.33. The Morgan fingerprint density at radius 1 is 1.29 bits per heavy atom. The minimum Gasteiger partial charge on any atom is -0.396 e. The smallest absolute Gasteiger partial charge is 0.329 e. The molecule has 10 heteroatoms. The van der Waals surface area contributed by atoms with E-state index in [-0.39, 0.29) is 54.4 Å². The number of halogens is 2. The van der Waals surface area contributed by atoms with Crippen LogP contribution in [0, 0.1) is 5.92 Å². The second kappa shape index (κ2) is 8.71. The minimum absolute atomic E-state index is 0.0693. The zero-order chi connectivity index (χ0) is 15.8. The van der Waals surface area contributed by atoms with Gasteiger partial charge in [-0.2, -0.15) is 15.0 Å². The Bertz CT molecular complexity index is 495. The van der Waals surface area contributed by atoms with Gasteiger partial charge in [-0.15, -0.1) is 0 Å². The van der Waals surface area contributed by atoms with Crippen LogP contribution >= 0.6 is 23.2 Å². The predicted molar refractivity (Wildman–Crippen MR) is 74.0 cm³/mol. The number of aliphatic hydroxyl groups excluding tert-OH is 1. The Morgan fingerprint density at radius 3 is 2.48 bits per heavy atom. The van der Waals surface area contributed by atoms with Crippen LogP contribution in [0.1, 0.15) is 19.8 Å². The number of amides is 1. The van der Waals surface area contributed by atoms with Gasteiger partial charge in [0.15, 0.2) is 0 Å². The van der Waals surface area contributed by atoms with Crippen molar-refractivity contribution in [2.45, 2.75) is 19.8 Å². The molecule has 1 aromatic heterocycles. The van der Waals surface area contributed by atoms with Crippen LogP contribution in [0.5, 0.6) is 6.01 Å². The summed E-state index contributed by atoms with van der Waals surface area (Å²) in [4.78, 5) is 33.5. The summed E-state index contributed by atoms with van der Waals surface area (Å²) >= 11 is 11.1. The van der Waals surface area contributed by atoms with E-state index in [9.17, 15) is 9.59 Å². The number of nitrogens with one attached hydrogen (secondary N) is 1. The topological polar surface area (TPSA) is 114 Å². The number of nitrogens with zero attached hydrogens (tertiary/aromatic N) is 3. The zero-order valence-corrected chi connectivity index (χ0v) is 12.7. The van der Waals surface area contributed by atoms with Gasteiger partial charge in [0.05, 0.1) is 6.42 Å². The van der Waals surface area contributed by atoms with Gasteiger partial charge in [-0.25, -0.2) is 0 Å². The predicted octanol–water partition coefficient (Wildman–Crippen LogP) is 0.609. The van der Waals surface area contributed by atoms with Crippen LogP contribution in [-0.4, -0.2) is 45.1 Å². The van der Waals surface area contributed by atoms with Crippen molar-refractivity contribution < 1.29 is 19.4 Å². The summed E-state index contributed by atoms with van der Waals surface area (Å²) in [5.74, 6) is -1.04. The number of ether oxygens (including phenoxy) is 1. The van der Waals surface area contributed by atoms with Crippen LogP contribution in [0.25, 0.3) is 0 Å². The van der Waals surface area contributed by atoms with E-state index in [1.165, 1.54) is 0 Å². The van der Waals surface area contributed by atoms with Gasteiger partial charge in [-0.05, 0) is 29.1 Å².